The molecule has 0 aromatic heterocycles. The molecule has 1 heterocycles. The summed E-state index contributed by atoms with van der Waals surface area (Å²) in [5, 5.41) is 3.20. The highest BCUT2D eigenvalue weighted by molar-refractivity contribution is 9.10. The molecular weight excluding hydrogens is 298 g/mol. The Bertz CT molecular complexity index is 456. The normalized spacial score (nSPS) is 18.7. The predicted octanol–water partition coefficient (Wildman–Crippen LogP) is 2.26. The Balaban J connectivity index is 2.37. The van der Waals surface area contributed by atoms with Crippen LogP contribution < -0.4 is 14.8 Å². The average molecular weight is 314 g/mol. The molecule has 1 aliphatic rings. The lowest BCUT2D eigenvalue weighted by molar-refractivity contribution is 0.0927. The van der Waals surface area contributed by atoms with Crippen molar-refractivity contribution in [2.75, 3.05) is 27.3 Å². The van der Waals surface area contributed by atoms with Crippen LogP contribution in [-0.2, 0) is 0 Å². The monoisotopic (exact) mass is 313 g/mol. The quantitative estimate of drug-likeness (QED) is 0.866. The number of rotatable bonds is 4. The lowest BCUT2D eigenvalue weighted by Crippen LogP contribution is -2.18. The first-order valence-corrected chi connectivity index (χ1v) is 6.63. The van der Waals surface area contributed by atoms with Gasteiger partial charge in [0.1, 0.15) is 16.0 Å². The molecule has 1 aromatic carbocycles. The molecule has 98 valence electrons. The van der Waals surface area contributed by atoms with E-state index in [4.69, 9.17) is 9.47 Å². The number of halogens is 1. The lowest BCUT2D eigenvalue weighted by atomic mass is 9.96. The van der Waals surface area contributed by atoms with Crippen LogP contribution in [-0.4, -0.2) is 33.1 Å². The van der Waals surface area contributed by atoms with Gasteiger partial charge in [-0.3, -0.25) is 4.79 Å². The number of hydrogen-bond acceptors (Lipinski definition) is 4. The summed E-state index contributed by atoms with van der Waals surface area (Å²) in [5.74, 6) is 1.37. The first kappa shape index (κ1) is 13.4. The van der Waals surface area contributed by atoms with Gasteiger partial charge in [-0.05, 0) is 41.0 Å². The van der Waals surface area contributed by atoms with Crippen LogP contribution in [0.1, 0.15) is 16.8 Å². The van der Waals surface area contributed by atoms with Crippen LogP contribution in [0.5, 0.6) is 11.5 Å². The summed E-state index contributed by atoms with van der Waals surface area (Å²) in [7, 11) is 3.14. The Hall–Kier alpha value is -1.07. The standard InChI is InChI=1S/C13H16BrNO3/c1-17-10-4-3-9(13(18-2)11(10)14)12(16)8-5-6-15-7-8/h3-4,8,15H,5-7H2,1-2H3. The zero-order valence-electron chi connectivity index (χ0n) is 10.5. The Labute approximate surface area is 115 Å². The van der Waals surface area contributed by atoms with Crippen molar-refractivity contribution < 1.29 is 14.3 Å². The Morgan fingerprint density at radius 3 is 2.72 bits per heavy atom. The molecule has 2 rings (SSSR count). The van der Waals surface area contributed by atoms with Gasteiger partial charge in [-0.15, -0.1) is 0 Å². The molecule has 18 heavy (non-hydrogen) atoms. The van der Waals surface area contributed by atoms with Gasteiger partial charge >= 0.3 is 0 Å². The molecule has 0 spiro atoms. The summed E-state index contributed by atoms with van der Waals surface area (Å²) in [4.78, 5) is 12.4. The van der Waals surface area contributed by atoms with Crippen LogP contribution in [0.4, 0.5) is 0 Å². The largest absolute Gasteiger partial charge is 0.495 e. The van der Waals surface area contributed by atoms with Crippen LogP contribution in [0.2, 0.25) is 0 Å². The van der Waals surface area contributed by atoms with Gasteiger partial charge in [0.25, 0.3) is 0 Å². The van der Waals surface area contributed by atoms with Crippen LogP contribution in [0, 0.1) is 5.92 Å². The third-order valence-corrected chi connectivity index (χ3v) is 3.93. The topological polar surface area (TPSA) is 47.6 Å². The number of methoxy groups -OCH3 is 2. The summed E-state index contributed by atoms with van der Waals surface area (Å²) in [5.41, 5.74) is 0.610. The number of hydrogen-bond donors (Lipinski definition) is 1. The minimum Gasteiger partial charge on any atom is -0.495 e. The molecule has 4 nitrogen and oxygen atoms in total. The van der Waals surface area contributed by atoms with Gasteiger partial charge in [0.2, 0.25) is 0 Å². The lowest BCUT2D eigenvalue weighted by Gasteiger charge is -2.14. The number of carbonyl (C=O) groups excluding carboxylic acids is 1. The van der Waals surface area contributed by atoms with E-state index in [0.717, 1.165) is 19.5 Å². The third kappa shape index (κ3) is 2.37. The highest BCUT2D eigenvalue weighted by Gasteiger charge is 2.27. The van der Waals surface area contributed by atoms with Crippen LogP contribution in [0.15, 0.2) is 16.6 Å². The Morgan fingerprint density at radius 2 is 2.17 bits per heavy atom. The minimum atomic E-state index is 0.0409. The van der Waals surface area contributed by atoms with Crippen LogP contribution in [0.25, 0.3) is 0 Å². The van der Waals surface area contributed by atoms with Gasteiger partial charge in [-0.2, -0.15) is 0 Å². The van der Waals surface area contributed by atoms with E-state index in [1.807, 2.05) is 0 Å². The number of nitrogens with one attached hydrogen (secondary N) is 1. The fourth-order valence-electron chi connectivity index (χ4n) is 2.19. The maximum Gasteiger partial charge on any atom is 0.171 e. The molecule has 1 aliphatic heterocycles. The fraction of sp³-hybridized carbons (Fsp3) is 0.462. The molecule has 1 unspecified atom stereocenters. The first-order chi connectivity index (χ1) is 8.69. The molecule has 0 aliphatic carbocycles. The molecule has 0 saturated carbocycles. The summed E-state index contributed by atoms with van der Waals surface area (Å²) >= 11 is 3.41. The number of ether oxygens (including phenoxy) is 2. The first-order valence-electron chi connectivity index (χ1n) is 5.84. The van der Waals surface area contributed by atoms with E-state index in [1.54, 1.807) is 26.4 Å². The maximum atomic E-state index is 12.4. The molecule has 1 saturated heterocycles. The zero-order chi connectivity index (χ0) is 13.1. The molecule has 5 heteroatoms. The average Bonchev–Trinajstić information content (AvgIpc) is 2.91. The maximum absolute atomic E-state index is 12.4. The van der Waals surface area contributed by atoms with Gasteiger partial charge in [0, 0.05) is 12.5 Å². The molecule has 0 bridgehead atoms. The predicted molar refractivity (Wildman–Crippen MR) is 72.6 cm³/mol. The van der Waals surface area contributed by atoms with Crippen molar-refractivity contribution >= 4 is 21.7 Å². The van der Waals surface area contributed by atoms with E-state index < -0.39 is 0 Å². The molecule has 0 radical (unpaired) electrons. The van der Waals surface area contributed by atoms with Crippen molar-refractivity contribution in [1.82, 2.24) is 5.32 Å². The van der Waals surface area contributed by atoms with E-state index in [9.17, 15) is 4.79 Å². The second-order valence-corrected chi connectivity index (χ2v) is 5.01. The van der Waals surface area contributed by atoms with Crippen LogP contribution >= 0.6 is 15.9 Å². The molecule has 1 atom stereocenters. The number of ketones is 1. The summed E-state index contributed by atoms with van der Waals surface area (Å²) < 4.78 is 11.2. The van der Waals surface area contributed by atoms with E-state index in [-0.39, 0.29) is 11.7 Å². The number of Topliss-reactive ketones (excluding diaryl/α,β-unsaturated/α-hetero) is 1. The van der Waals surface area contributed by atoms with E-state index in [1.165, 1.54) is 0 Å². The van der Waals surface area contributed by atoms with E-state index in [2.05, 4.69) is 21.2 Å². The van der Waals surface area contributed by atoms with E-state index >= 15 is 0 Å². The van der Waals surface area contributed by atoms with Gasteiger partial charge in [-0.1, -0.05) is 0 Å². The highest BCUT2D eigenvalue weighted by atomic mass is 79.9. The molecule has 1 aromatic rings. The molecule has 1 fully saturated rings. The van der Waals surface area contributed by atoms with Crippen LogP contribution in [0.3, 0.4) is 0 Å². The SMILES string of the molecule is COc1ccc(C(=O)C2CCNC2)c(OC)c1Br. The molecule has 0 amide bonds. The Morgan fingerprint density at radius 1 is 1.39 bits per heavy atom. The summed E-state index contributed by atoms with van der Waals surface area (Å²) in [6.07, 6.45) is 0.881. The minimum absolute atomic E-state index is 0.0409. The van der Waals surface area contributed by atoms with Gasteiger partial charge in [-0.25, -0.2) is 0 Å². The molecule has 1 N–H and O–H groups in total. The van der Waals surface area contributed by atoms with Crippen molar-refractivity contribution in [3.63, 3.8) is 0 Å². The molecular formula is C13H16BrNO3. The number of carbonyl (C=O) groups is 1. The van der Waals surface area contributed by atoms with Gasteiger partial charge in [0.05, 0.1) is 19.8 Å². The van der Waals surface area contributed by atoms with Crippen molar-refractivity contribution in [3.8, 4) is 11.5 Å². The Kier molecular flexibility index (Phi) is 4.24. The van der Waals surface area contributed by atoms with Crippen molar-refractivity contribution in [1.29, 1.82) is 0 Å². The van der Waals surface area contributed by atoms with Crippen molar-refractivity contribution in [3.05, 3.63) is 22.2 Å². The van der Waals surface area contributed by atoms with Gasteiger partial charge < -0.3 is 14.8 Å². The number of benzene rings is 1. The summed E-state index contributed by atoms with van der Waals surface area (Å²) in [6.45, 7) is 1.64. The van der Waals surface area contributed by atoms with Gasteiger partial charge in [0.15, 0.2) is 5.78 Å². The smallest absolute Gasteiger partial charge is 0.171 e. The third-order valence-electron chi connectivity index (χ3n) is 3.18. The fourth-order valence-corrected chi connectivity index (χ4v) is 2.86. The van der Waals surface area contributed by atoms with Crippen molar-refractivity contribution in [2.45, 2.75) is 6.42 Å². The highest BCUT2D eigenvalue weighted by Crippen LogP contribution is 2.38. The second kappa shape index (κ2) is 5.71. The van der Waals surface area contributed by atoms with Crippen molar-refractivity contribution in [2.24, 2.45) is 5.92 Å². The second-order valence-electron chi connectivity index (χ2n) is 4.22. The summed E-state index contributed by atoms with van der Waals surface area (Å²) in [6, 6.07) is 3.55. The zero-order valence-corrected chi connectivity index (χ0v) is 12.0. The van der Waals surface area contributed by atoms with E-state index in [0.29, 0.717) is 21.5 Å².